The molecule has 0 saturated carbocycles. The third-order valence-electron chi connectivity index (χ3n) is 2.34. The molecule has 0 radical (unpaired) electrons. The fourth-order valence-corrected chi connectivity index (χ4v) is 2.96. The summed E-state index contributed by atoms with van der Waals surface area (Å²) in [5, 5.41) is 0. The van der Waals surface area contributed by atoms with Gasteiger partial charge in [0.25, 0.3) is 0 Å². The summed E-state index contributed by atoms with van der Waals surface area (Å²) in [6.07, 6.45) is 5.21. The van der Waals surface area contributed by atoms with Gasteiger partial charge < -0.3 is 5.73 Å². The Labute approximate surface area is 101 Å². The Hall–Kier alpha value is -0.120. The SMILES string of the molecule is CSc1cc(CC(C)N)c(SC)cc1C. The summed E-state index contributed by atoms with van der Waals surface area (Å²) >= 11 is 3.61. The van der Waals surface area contributed by atoms with Gasteiger partial charge in [-0.3, -0.25) is 0 Å². The minimum absolute atomic E-state index is 0.230. The van der Waals surface area contributed by atoms with E-state index in [1.165, 1.54) is 20.9 Å². The molecule has 1 unspecified atom stereocenters. The minimum atomic E-state index is 0.230. The molecule has 0 spiro atoms. The van der Waals surface area contributed by atoms with Gasteiger partial charge in [-0.15, -0.1) is 23.5 Å². The van der Waals surface area contributed by atoms with E-state index in [2.05, 4.69) is 38.5 Å². The molecule has 84 valence electrons. The van der Waals surface area contributed by atoms with Crippen LogP contribution in [0.3, 0.4) is 0 Å². The van der Waals surface area contributed by atoms with Crippen LogP contribution in [0.15, 0.2) is 21.9 Å². The van der Waals surface area contributed by atoms with E-state index in [4.69, 9.17) is 5.73 Å². The molecule has 1 nitrogen and oxygen atoms in total. The van der Waals surface area contributed by atoms with Crippen LogP contribution in [0.4, 0.5) is 0 Å². The minimum Gasteiger partial charge on any atom is -0.328 e. The first-order valence-electron chi connectivity index (χ1n) is 5.05. The summed E-state index contributed by atoms with van der Waals surface area (Å²) in [5.41, 5.74) is 8.60. The van der Waals surface area contributed by atoms with E-state index in [1.807, 2.05) is 0 Å². The van der Waals surface area contributed by atoms with E-state index in [9.17, 15) is 0 Å². The second kappa shape index (κ2) is 5.83. The van der Waals surface area contributed by atoms with Gasteiger partial charge in [0.2, 0.25) is 0 Å². The molecule has 3 heteroatoms. The van der Waals surface area contributed by atoms with E-state index in [0.29, 0.717) is 0 Å². The normalized spacial score (nSPS) is 12.9. The van der Waals surface area contributed by atoms with E-state index >= 15 is 0 Å². The van der Waals surface area contributed by atoms with E-state index in [-0.39, 0.29) is 6.04 Å². The standard InChI is InChI=1S/C12H19NS2/c1-8-5-12(15-4)10(6-9(2)13)7-11(8)14-3/h5,7,9H,6,13H2,1-4H3. The van der Waals surface area contributed by atoms with Gasteiger partial charge in [0.05, 0.1) is 0 Å². The first kappa shape index (κ1) is 12.9. The Kier molecular flexibility index (Phi) is 5.03. The predicted octanol–water partition coefficient (Wildman–Crippen LogP) is 3.33. The number of hydrogen-bond acceptors (Lipinski definition) is 3. The van der Waals surface area contributed by atoms with Crippen LogP contribution in [0.5, 0.6) is 0 Å². The van der Waals surface area contributed by atoms with Crippen LogP contribution in [0.25, 0.3) is 0 Å². The summed E-state index contributed by atoms with van der Waals surface area (Å²) in [6.45, 7) is 4.23. The van der Waals surface area contributed by atoms with Crippen LogP contribution < -0.4 is 5.73 Å². The number of nitrogens with two attached hydrogens (primary N) is 1. The third kappa shape index (κ3) is 3.44. The van der Waals surface area contributed by atoms with Gasteiger partial charge in [-0.2, -0.15) is 0 Å². The first-order valence-corrected chi connectivity index (χ1v) is 7.50. The lowest BCUT2D eigenvalue weighted by Gasteiger charge is -2.13. The Balaban J connectivity index is 3.10. The Bertz CT molecular complexity index is 335. The van der Waals surface area contributed by atoms with Gasteiger partial charge in [0.15, 0.2) is 0 Å². The van der Waals surface area contributed by atoms with Gasteiger partial charge in [-0.25, -0.2) is 0 Å². The molecule has 1 aromatic rings. The maximum absolute atomic E-state index is 5.86. The molecular formula is C12H19NS2. The van der Waals surface area contributed by atoms with Crippen molar-refractivity contribution >= 4 is 23.5 Å². The summed E-state index contributed by atoms with van der Waals surface area (Å²) < 4.78 is 0. The van der Waals surface area contributed by atoms with Crippen molar-refractivity contribution < 1.29 is 0 Å². The van der Waals surface area contributed by atoms with Crippen molar-refractivity contribution in [3.8, 4) is 0 Å². The highest BCUT2D eigenvalue weighted by molar-refractivity contribution is 7.99. The fraction of sp³-hybridized carbons (Fsp3) is 0.500. The van der Waals surface area contributed by atoms with Crippen LogP contribution in [0.1, 0.15) is 18.1 Å². The van der Waals surface area contributed by atoms with Crippen molar-refractivity contribution in [1.29, 1.82) is 0 Å². The molecule has 0 saturated heterocycles. The highest BCUT2D eigenvalue weighted by Gasteiger charge is 2.08. The van der Waals surface area contributed by atoms with E-state index < -0.39 is 0 Å². The van der Waals surface area contributed by atoms with Gasteiger partial charge in [0, 0.05) is 15.8 Å². The van der Waals surface area contributed by atoms with Gasteiger partial charge in [-0.1, -0.05) is 0 Å². The molecule has 1 rings (SSSR count). The summed E-state index contributed by atoms with van der Waals surface area (Å²) in [4.78, 5) is 2.73. The highest BCUT2D eigenvalue weighted by Crippen LogP contribution is 2.29. The number of rotatable bonds is 4. The van der Waals surface area contributed by atoms with Gasteiger partial charge >= 0.3 is 0 Å². The number of thioether (sulfide) groups is 2. The molecule has 2 N–H and O–H groups in total. The van der Waals surface area contributed by atoms with E-state index in [1.54, 1.807) is 23.5 Å². The highest BCUT2D eigenvalue weighted by atomic mass is 32.2. The zero-order valence-electron chi connectivity index (χ0n) is 9.83. The molecule has 0 aliphatic rings. The van der Waals surface area contributed by atoms with Crippen molar-refractivity contribution in [3.05, 3.63) is 23.3 Å². The molecule has 0 aliphatic carbocycles. The number of benzene rings is 1. The van der Waals surface area contributed by atoms with Crippen molar-refractivity contribution in [1.82, 2.24) is 0 Å². The van der Waals surface area contributed by atoms with Crippen molar-refractivity contribution in [2.45, 2.75) is 36.1 Å². The Morgan fingerprint density at radius 3 is 2.27 bits per heavy atom. The summed E-state index contributed by atoms with van der Waals surface area (Å²) in [6, 6.07) is 4.79. The van der Waals surface area contributed by atoms with Crippen molar-refractivity contribution in [3.63, 3.8) is 0 Å². The van der Waals surface area contributed by atoms with Crippen molar-refractivity contribution in [2.24, 2.45) is 5.73 Å². The average molecular weight is 241 g/mol. The largest absolute Gasteiger partial charge is 0.328 e. The topological polar surface area (TPSA) is 26.0 Å². The molecule has 0 heterocycles. The first-order chi connectivity index (χ1) is 7.08. The molecular weight excluding hydrogens is 222 g/mol. The van der Waals surface area contributed by atoms with Crippen LogP contribution >= 0.6 is 23.5 Å². The molecule has 0 fully saturated rings. The van der Waals surface area contributed by atoms with Gasteiger partial charge in [-0.05, 0) is 56.0 Å². The summed E-state index contributed by atoms with van der Waals surface area (Å²) in [5.74, 6) is 0. The smallest absolute Gasteiger partial charge is 0.0105 e. The van der Waals surface area contributed by atoms with Crippen molar-refractivity contribution in [2.75, 3.05) is 12.5 Å². The third-order valence-corrected chi connectivity index (χ3v) is 4.04. The molecule has 0 bridgehead atoms. The molecule has 15 heavy (non-hydrogen) atoms. The lowest BCUT2D eigenvalue weighted by atomic mass is 10.1. The van der Waals surface area contributed by atoms with Gasteiger partial charge in [0.1, 0.15) is 0 Å². The average Bonchev–Trinajstić information content (AvgIpc) is 2.19. The molecule has 0 aliphatic heterocycles. The van der Waals surface area contributed by atoms with Crippen LogP contribution in [0, 0.1) is 6.92 Å². The molecule has 1 atom stereocenters. The van der Waals surface area contributed by atoms with E-state index in [0.717, 1.165) is 6.42 Å². The lowest BCUT2D eigenvalue weighted by Crippen LogP contribution is -2.18. The zero-order valence-corrected chi connectivity index (χ0v) is 11.5. The predicted molar refractivity (Wildman–Crippen MR) is 72.1 cm³/mol. The lowest BCUT2D eigenvalue weighted by molar-refractivity contribution is 0.727. The van der Waals surface area contributed by atoms with Crippen LogP contribution in [-0.2, 0) is 6.42 Å². The monoisotopic (exact) mass is 241 g/mol. The Morgan fingerprint density at radius 2 is 1.80 bits per heavy atom. The Morgan fingerprint density at radius 1 is 1.20 bits per heavy atom. The van der Waals surface area contributed by atoms with Crippen LogP contribution in [-0.4, -0.2) is 18.6 Å². The second-order valence-electron chi connectivity index (χ2n) is 3.82. The molecule has 0 amide bonds. The maximum Gasteiger partial charge on any atom is 0.0105 e. The summed E-state index contributed by atoms with van der Waals surface area (Å²) in [7, 11) is 0. The second-order valence-corrected chi connectivity index (χ2v) is 5.51. The quantitative estimate of drug-likeness (QED) is 0.819. The zero-order chi connectivity index (χ0) is 11.4. The number of aryl methyl sites for hydroxylation is 1. The molecule has 1 aromatic carbocycles. The molecule has 0 aromatic heterocycles. The number of hydrogen-bond donors (Lipinski definition) is 1. The van der Waals surface area contributed by atoms with Crippen LogP contribution in [0.2, 0.25) is 0 Å². The fourth-order valence-electron chi connectivity index (χ4n) is 1.62. The maximum atomic E-state index is 5.86.